The van der Waals surface area contributed by atoms with E-state index in [1.165, 1.54) is 17.7 Å². The Morgan fingerprint density at radius 1 is 1.44 bits per heavy atom. The van der Waals surface area contributed by atoms with Crippen LogP contribution in [0.3, 0.4) is 0 Å². The van der Waals surface area contributed by atoms with Gasteiger partial charge in [-0.15, -0.1) is 11.3 Å². The zero-order chi connectivity index (χ0) is 12.0. The van der Waals surface area contributed by atoms with Gasteiger partial charge in [-0.3, -0.25) is 0 Å². The van der Waals surface area contributed by atoms with Gasteiger partial charge < -0.3 is 5.32 Å². The van der Waals surface area contributed by atoms with Gasteiger partial charge in [0.1, 0.15) is 0 Å². The Bertz CT molecular complexity index is 297. The van der Waals surface area contributed by atoms with E-state index in [2.05, 4.69) is 37.3 Å². The minimum absolute atomic E-state index is 0.403. The van der Waals surface area contributed by atoms with Gasteiger partial charge in [0.15, 0.2) is 0 Å². The molecule has 0 aliphatic rings. The zero-order valence-corrected chi connectivity index (χ0v) is 12.3. The second kappa shape index (κ2) is 6.62. The number of nitrogens with zero attached hydrogens (tertiary/aromatic N) is 1. The van der Waals surface area contributed by atoms with E-state index in [-0.39, 0.29) is 0 Å². The number of thioether (sulfide) groups is 1. The molecule has 0 fully saturated rings. The van der Waals surface area contributed by atoms with Crippen molar-refractivity contribution in [2.45, 2.75) is 44.9 Å². The first kappa shape index (κ1) is 14.0. The fraction of sp³-hybridized carbons (Fsp3) is 0.750. The van der Waals surface area contributed by atoms with Crippen molar-refractivity contribution in [1.29, 1.82) is 0 Å². The minimum Gasteiger partial charge on any atom is -0.310 e. The van der Waals surface area contributed by atoms with E-state index in [1.807, 2.05) is 18.0 Å². The number of aryl methyl sites for hydroxylation is 1. The van der Waals surface area contributed by atoms with E-state index in [0.29, 0.717) is 4.75 Å². The molecule has 1 heterocycles. The van der Waals surface area contributed by atoms with Crippen molar-refractivity contribution >= 4 is 23.1 Å². The molecule has 0 aromatic carbocycles. The molecule has 4 heteroatoms. The Labute approximate surface area is 107 Å². The molecular weight excluding hydrogens is 236 g/mol. The molecule has 0 unspecified atom stereocenters. The average Bonchev–Trinajstić information content (AvgIpc) is 2.71. The second-order valence-electron chi connectivity index (χ2n) is 4.04. The summed E-state index contributed by atoms with van der Waals surface area (Å²) < 4.78 is 0.403. The molecule has 1 aromatic rings. The lowest BCUT2D eigenvalue weighted by Crippen LogP contribution is -2.36. The van der Waals surface area contributed by atoms with E-state index in [9.17, 15) is 0 Å². The molecule has 0 spiro atoms. The molecule has 0 bridgehead atoms. The van der Waals surface area contributed by atoms with Crippen LogP contribution in [0.1, 0.15) is 36.6 Å². The quantitative estimate of drug-likeness (QED) is 0.810. The molecular formula is C12H22N2S2. The number of hydrogen-bond donors (Lipinski definition) is 1. The van der Waals surface area contributed by atoms with Crippen molar-refractivity contribution in [3.05, 3.63) is 16.1 Å². The molecule has 1 aromatic heterocycles. The van der Waals surface area contributed by atoms with Crippen LogP contribution in [0.15, 0.2) is 6.20 Å². The third-order valence-corrected chi connectivity index (χ3v) is 5.64. The number of nitrogens with one attached hydrogen (secondary N) is 1. The first-order chi connectivity index (χ1) is 7.65. The molecule has 0 saturated heterocycles. The fourth-order valence-electron chi connectivity index (χ4n) is 1.76. The van der Waals surface area contributed by atoms with Gasteiger partial charge in [0.05, 0.1) is 5.01 Å². The predicted molar refractivity (Wildman–Crippen MR) is 75.4 cm³/mol. The van der Waals surface area contributed by atoms with Crippen molar-refractivity contribution in [2.24, 2.45) is 0 Å². The largest absolute Gasteiger partial charge is 0.310 e. The Morgan fingerprint density at radius 2 is 2.12 bits per heavy atom. The number of hydrogen-bond acceptors (Lipinski definition) is 4. The summed E-state index contributed by atoms with van der Waals surface area (Å²) in [5.74, 6) is 0. The van der Waals surface area contributed by atoms with Crippen LogP contribution in [-0.2, 0) is 6.54 Å². The number of thiazole rings is 1. The molecule has 0 atom stereocenters. The molecule has 1 rings (SSSR count). The molecule has 92 valence electrons. The lowest BCUT2D eigenvalue weighted by atomic mass is 10.0. The topological polar surface area (TPSA) is 24.9 Å². The van der Waals surface area contributed by atoms with Crippen LogP contribution in [0, 0.1) is 6.92 Å². The van der Waals surface area contributed by atoms with E-state index >= 15 is 0 Å². The standard InChI is InChI=1S/C12H22N2S2/c1-5-12(6-2,15-4)9-13-7-11-8-14-10(3)16-11/h8,13H,5-7,9H2,1-4H3. The van der Waals surface area contributed by atoms with Gasteiger partial charge in [0.2, 0.25) is 0 Å². The van der Waals surface area contributed by atoms with Gasteiger partial charge in [-0.05, 0) is 26.0 Å². The third kappa shape index (κ3) is 3.75. The van der Waals surface area contributed by atoms with E-state index < -0.39 is 0 Å². The van der Waals surface area contributed by atoms with Crippen molar-refractivity contribution < 1.29 is 0 Å². The van der Waals surface area contributed by atoms with Crippen LogP contribution in [0.25, 0.3) is 0 Å². The normalized spacial score (nSPS) is 12.0. The highest BCUT2D eigenvalue weighted by Crippen LogP contribution is 2.29. The maximum absolute atomic E-state index is 4.27. The van der Waals surface area contributed by atoms with E-state index in [1.54, 1.807) is 11.3 Å². The van der Waals surface area contributed by atoms with Gasteiger partial charge in [-0.1, -0.05) is 13.8 Å². The number of rotatable bonds is 7. The van der Waals surface area contributed by atoms with Crippen LogP contribution in [0.4, 0.5) is 0 Å². The SMILES string of the molecule is CCC(CC)(CNCc1cnc(C)s1)SC. The monoisotopic (exact) mass is 258 g/mol. The molecule has 0 saturated carbocycles. The Balaban J connectivity index is 2.39. The maximum Gasteiger partial charge on any atom is 0.0897 e. The summed E-state index contributed by atoms with van der Waals surface area (Å²) in [7, 11) is 0. The summed E-state index contributed by atoms with van der Waals surface area (Å²) in [6, 6.07) is 0. The van der Waals surface area contributed by atoms with Crippen molar-refractivity contribution in [2.75, 3.05) is 12.8 Å². The third-order valence-electron chi connectivity index (χ3n) is 3.14. The zero-order valence-electron chi connectivity index (χ0n) is 10.7. The van der Waals surface area contributed by atoms with E-state index in [0.717, 1.165) is 18.1 Å². The molecule has 2 nitrogen and oxygen atoms in total. The summed E-state index contributed by atoms with van der Waals surface area (Å²) in [5, 5.41) is 4.71. The average molecular weight is 258 g/mol. The van der Waals surface area contributed by atoms with Crippen molar-refractivity contribution in [3.63, 3.8) is 0 Å². The molecule has 0 amide bonds. The molecule has 1 N–H and O–H groups in total. The van der Waals surface area contributed by atoms with Gasteiger partial charge in [-0.25, -0.2) is 4.98 Å². The van der Waals surface area contributed by atoms with Crippen molar-refractivity contribution in [3.8, 4) is 0 Å². The Kier molecular flexibility index (Phi) is 5.79. The highest BCUT2D eigenvalue weighted by Gasteiger charge is 2.23. The summed E-state index contributed by atoms with van der Waals surface area (Å²) in [4.78, 5) is 5.60. The first-order valence-electron chi connectivity index (χ1n) is 5.83. The second-order valence-corrected chi connectivity index (χ2v) is 6.64. The lowest BCUT2D eigenvalue weighted by molar-refractivity contribution is 0.496. The minimum atomic E-state index is 0.403. The smallest absolute Gasteiger partial charge is 0.0897 e. The van der Waals surface area contributed by atoms with Gasteiger partial charge in [0.25, 0.3) is 0 Å². The van der Waals surface area contributed by atoms with Crippen molar-refractivity contribution in [1.82, 2.24) is 10.3 Å². The fourth-order valence-corrected chi connectivity index (χ4v) is 3.35. The van der Waals surface area contributed by atoms with Gasteiger partial charge >= 0.3 is 0 Å². The Morgan fingerprint density at radius 3 is 2.56 bits per heavy atom. The maximum atomic E-state index is 4.27. The Hall–Kier alpha value is -0.0600. The van der Waals surface area contributed by atoms with Gasteiger partial charge in [-0.2, -0.15) is 11.8 Å². The molecule has 16 heavy (non-hydrogen) atoms. The van der Waals surface area contributed by atoms with E-state index in [4.69, 9.17) is 0 Å². The lowest BCUT2D eigenvalue weighted by Gasteiger charge is -2.29. The summed E-state index contributed by atoms with van der Waals surface area (Å²) in [6.07, 6.45) is 6.63. The first-order valence-corrected chi connectivity index (χ1v) is 7.87. The highest BCUT2D eigenvalue weighted by atomic mass is 32.2. The van der Waals surface area contributed by atoms with Crippen LogP contribution in [0.5, 0.6) is 0 Å². The molecule has 0 aliphatic carbocycles. The summed E-state index contributed by atoms with van der Waals surface area (Å²) in [6.45, 7) is 8.64. The highest BCUT2D eigenvalue weighted by molar-refractivity contribution is 8.00. The molecule has 0 aliphatic heterocycles. The van der Waals surface area contributed by atoms with Gasteiger partial charge in [0, 0.05) is 28.9 Å². The molecule has 0 radical (unpaired) electrons. The van der Waals surface area contributed by atoms with Crippen LogP contribution in [0.2, 0.25) is 0 Å². The summed E-state index contributed by atoms with van der Waals surface area (Å²) >= 11 is 3.76. The number of aromatic nitrogens is 1. The predicted octanol–water partition coefficient (Wildman–Crippen LogP) is 3.46. The summed E-state index contributed by atoms with van der Waals surface area (Å²) in [5.41, 5.74) is 0. The van der Waals surface area contributed by atoms with Crippen LogP contribution in [-0.4, -0.2) is 22.5 Å². The van der Waals surface area contributed by atoms with Crippen LogP contribution >= 0.6 is 23.1 Å². The van der Waals surface area contributed by atoms with Crippen LogP contribution < -0.4 is 5.32 Å².